The van der Waals surface area contributed by atoms with E-state index in [1.165, 1.54) is 31.2 Å². The first-order chi connectivity index (χ1) is 10.6. The Hall–Kier alpha value is -1.35. The quantitative estimate of drug-likeness (QED) is 0.767. The summed E-state index contributed by atoms with van der Waals surface area (Å²) >= 11 is 0. The summed E-state index contributed by atoms with van der Waals surface area (Å²) in [6.07, 6.45) is 5.11. The van der Waals surface area contributed by atoms with Crippen LogP contribution in [0.15, 0.2) is 30.3 Å². The highest BCUT2D eigenvalue weighted by Crippen LogP contribution is 2.25. The fraction of sp³-hybridized carbons (Fsp3) is 0.632. The molecule has 22 heavy (non-hydrogen) atoms. The normalized spacial score (nSPS) is 15.7. The molecule has 122 valence electrons. The van der Waals surface area contributed by atoms with Crippen LogP contribution in [-0.4, -0.2) is 40.9 Å². The third kappa shape index (κ3) is 4.57. The SMILES string of the molecule is CCN(Cc1ccccc1)C(=O)CN(C(C)C)C1CCCC1. The second-order valence-electron chi connectivity index (χ2n) is 6.60. The minimum atomic E-state index is 0.256. The molecule has 0 heterocycles. The van der Waals surface area contributed by atoms with E-state index in [0.29, 0.717) is 25.2 Å². The summed E-state index contributed by atoms with van der Waals surface area (Å²) < 4.78 is 0. The summed E-state index contributed by atoms with van der Waals surface area (Å²) in [6, 6.07) is 11.3. The fourth-order valence-corrected chi connectivity index (χ4v) is 3.41. The zero-order chi connectivity index (χ0) is 15.9. The maximum atomic E-state index is 12.7. The summed E-state index contributed by atoms with van der Waals surface area (Å²) in [4.78, 5) is 17.1. The van der Waals surface area contributed by atoms with Crippen molar-refractivity contribution < 1.29 is 4.79 Å². The molecule has 1 aliphatic carbocycles. The molecule has 0 aromatic heterocycles. The van der Waals surface area contributed by atoms with Gasteiger partial charge in [0.15, 0.2) is 0 Å². The van der Waals surface area contributed by atoms with Gasteiger partial charge >= 0.3 is 0 Å². The zero-order valence-electron chi connectivity index (χ0n) is 14.3. The van der Waals surface area contributed by atoms with Crippen molar-refractivity contribution in [2.75, 3.05) is 13.1 Å². The number of carbonyl (C=O) groups excluding carboxylic acids is 1. The van der Waals surface area contributed by atoms with E-state index in [4.69, 9.17) is 0 Å². The lowest BCUT2D eigenvalue weighted by Gasteiger charge is -2.34. The first kappa shape index (κ1) is 17.0. The topological polar surface area (TPSA) is 23.6 Å². The van der Waals surface area contributed by atoms with Crippen molar-refractivity contribution in [3.8, 4) is 0 Å². The standard InChI is InChI=1S/C19H30N2O/c1-4-20(14-17-10-6-5-7-11-17)19(22)15-21(16(2)3)18-12-8-9-13-18/h5-7,10-11,16,18H,4,8-9,12-15H2,1-3H3. The van der Waals surface area contributed by atoms with Crippen LogP contribution in [0.25, 0.3) is 0 Å². The number of amides is 1. The molecule has 3 nitrogen and oxygen atoms in total. The van der Waals surface area contributed by atoms with Crippen LogP contribution in [-0.2, 0) is 11.3 Å². The third-order valence-electron chi connectivity index (χ3n) is 4.73. The van der Waals surface area contributed by atoms with E-state index in [2.05, 4.69) is 37.8 Å². The van der Waals surface area contributed by atoms with Gasteiger partial charge in [-0.15, -0.1) is 0 Å². The number of benzene rings is 1. The van der Waals surface area contributed by atoms with Gasteiger partial charge in [0, 0.05) is 25.2 Å². The largest absolute Gasteiger partial charge is 0.338 e. The average Bonchev–Trinajstić information content (AvgIpc) is 3.04. The maximum Gasteiger partial charge on any atom is 0.237 e. The molecule has 1 fully saturated rings. The highest BCUT2D eigenvalue weighted by atomic mass is 16.2. The Labute approximate surface area is 135 Å². The Balaban J connectivity index is 1.97. The van der Waals surface area contributed by atoms with Crippen molar-refractivity contribution >= 4 is 5.91 Å². The molecular formula is C19H30N2O. The monoisotopic (exact) mass is 302 g/mol. The van der Waals surface area contributed by atoms with Crippen LogP contribution in [0.3, 0.4) is 0 Å². The van der Waals surface area contributed by atoms with Gasteiger partial charge in [-0.3, -0.25) is 9.69 Å². The average molecular weight is 302 g/mol. The van der Waals surface area contributed by atoms with E-state index in [0.717, 1.165) is 6.54 Å². The Kier molecular flexibility index (Phi) is 6.44. The molecule has 2 rings (SSSR count). The van der Waals surface area contributed by atoms with Crippen LogP contribution in [0.5, 0.6) is 0 Å². The van der Waals surface area contributed by atoms with E-state index in [-0.39, 0.29) is 5.91 Å². The molecule has 1 aromatic carbocycles. The van der Waals surface area contributed by atoms with E-state index >= 15 is 0 Å². The summed E-state index contributed by atoms with van der Waals surface area (Å²) in [6.45, 7) is 8.52. The lowest BCUT2D eigenvalue weighted by Crippen LogP contribution is -2.46. The van der Waals surface area contributed by atoms with Crippen molar-refractivity contribution in [2.24, 2.45) is 0 Å². The molecule has 0 atom stereocenters. The smallest absolute Gasteiger partial charge is 0.237 e. The number of likely N-dealkylation sites (N-methyl/N-ethyl adjacent to an activating group) is 1. The first-order valence-corrected chi connectivity index (χ1v) is 8.69. The van der Waals surface area contributed by atoms with Gasteiger partial charge in [0.05, 0.1) is 6.54 Å². The van der Waals surface area contributed by atoms with Crippen LogP contribution in [0.4, 0.5) is 0 Å². The first-order valence-electron chi connectivity index (χ1n) is 8.69. The molecule has 1 saturated carbocycles. The van der Waals surface area contributed by atoms with Gasteiger partial charge in [-0.25, -0.2) is 0 Å². The molecule has 1 amide bonds. The molecule has 0 unspecified atom stereocenters. The van der Waals surface area contributed by atoms with Gasteiger partial charge in [0.1, 0.15) is 0 Å². The van der Waals surface area contributed by atoms with Crippen molar-refractivity contribution in [1.29, 1.82) is 0 Å². The molecule has 0 saturated heterocycles. The van der Waals surface area contributed by atoms with E-state index in [1.807, 2.05) is 23.1 Å². The van der Waals surface area contributed by atoms with Crippen molar-refractivity contribution in [1.82, 2.24) is 9.80 Å². The number of rotatable bonds is 7. The van der Waals surface area contributed by atoms with Crippen LogP contribution < -0.4 is 0 Å². The molecule has 3 heteroatoms. The lowest BCUT2D eigenvalue weighted by molar-refractivity contribution is -0.134. The second-order valence-corrected chi connectivity index (χ2v) is 6.60. The van der Waals surface area contributed by atoms with Crippen LogP contribution >= 0.6 is 0 Å². The Morgan fingerprint density at radius 3 is 2.36 bits per heavy atom. The molecule has 0 radical (unpaired) electrons. The van der Waals surface area contributed by atoms with Gasteiger partial charge in [-0.05, 0) is 39.2 Å². The molecule has 1 aliphatic rings. The zero-order valence-corrected chi connectivity index (χ0v) is 14.3. The van der Waals surface area contributed by atoms with E-state index in [1.54, 1.807) is 0 Å². The van der Waals surface area contributed by atoms with E-state index < -0.39 is 0 Å². The van der Waals surface area contributed by atoms with Crippen molar-refractivity contribution in [3.05, 3.63) is 35.9 Å². The maximum absolute atomic E-state index is 12.7. The molecule has 0 bridgehead atoms. The van der Waals surface area contributed by atoms with Gasteiger partial charge in [-0.1, -0.05) is 43.2 Å². The summed E-state index contributed by atoms with van der Waals surface area (Å²) in [7, 11) is 0. The summed E-state index contributed by atoms with van der Waals surface area (Å²) in [5.74, 6) is 0.256. The van der Waals surface area contributed by atoms with Crippen LogP contribution in [0, 0.1) is 0 Å². The lowest BCUT2D eigenvalue weighted by atomic mass is 10.1. The van der Waals surface area contributed by atoms with Gasteiger partial charge in [0.2, 0.25) is 5.91 Å². The van der Waals surface area contributed by atoms with E-state index in [9.17, 15) is 4.79 Å². The Morgan fingerprint density at radius 1 is 1.18 bits per heavy atom. The van der Waals surface area contributed by atoms with Crippen LogP contribution in [0.2, 0.25) is 0 Å². The molecule has 1 aromatic rings. The third-order valence-corrected chi connectivity index (χ3v) is 4.73. The minimum Gasteiger partial charge on any atom is -0.338 e. The van der Waals surface area contributed by atoms with Gasteiger partial charge in [0.25, 0.3) is 0 Å². The van der Waals surface area contributed by atoms with Crippen molar-refractivity contribution in [3.63, 3.8) is 0 Å². The van der Waals surface area contributed by atoms with Crippen molar-refractivity contribution in [2.45, 2.75) is 65.1 Å². The number of hydrogen-bond donors (Lipinski definition) is 0. The highest BCUT2D eigenvalue weighted by Gasteiger charge is 2.27. The number of hydrogen-bond acceptors (Lipinski definition) is 2. The Morgan fingerprint density at radius 2 is 1.82 bits per heavy atom. The number of nitrogens with zero attached hydrogens (tertiary/aromatic N) is 2. The van der Waals surface area contributed by atoms with Gasteiger partial charge < -0.3 is 4.90 Å². The summed E-state index contributed by atoms with van der Waals surface area (Å²) in [5.41, 5.74) is 1.20. The summed E-state index contributed by atoms with van der Waals surface area (Å²) in [5, 5.41) is 0. The number of carbonyl (C=O) groups is 1. The predicted octanol–water partition coefficient (Wildman–Crippen LogP) is 3.69. The molecular weight excluding hydrogens is 272 g/mol. The molecule has 0 spiro atoms. The minimum absolute atomic E-state index is 0.256. The van der Waals surface area contributed by atoms with Gasteiger partial charge in [-0.2, -0.15) is 0 Å². The highest BCUT2D eigenvalue weighted by molar-refractivity contribution is 5.78. The molecule has 0 aliphatic heterocycles. The molecule has 0 N–H and O–H groups in total. The second kappa shape index (κ2) is 8.33. The fourth-order valence-electron chi connectivity index (χ4n) is 3.41. The van der Waals surface area contributed by atoms with Crippen LogP contribution in [0.1, 0.15) is 52.0 Å². The Bertz CT molecular complexity index is 452. The predicted molar refractivity (Wildman–Crippen MR) is 91.6 cm³/mol.